The third-order valence-electron chi connectivity index (χ3n) is 4.17. The quantitative estimate of drug-likeness (QED) is 0.777. The highest BCUT2D eigenvalue weighted by Crippen LogP contribution is 2.26. The fourth-order valence-corrected chi connectivity index (χ4v) is 2.88. The van der Waals surface area contributed by atoms with Gasteiger partial charge in [0.05, 0.1) is 0 Å². The number of hydrogen-bond donors (Lipinski definition) is 3. The molecule has 0 saturated heterocycles. The van der Waals surface area contributed by atoms with Crippen LogP contribution in [0.2, 0.25) is 0 Å². The lowest BCUT2D eigenvalue weighted by Gasteiger charge is -2.11. The van der Waals surface area contributed by atoms with E-state index in [4.69, 9.17) is 0 Å². The molecular weight excluding hydrogens is 302 g/mol. The average molecular weight is 323 g/mol. The highest BCUT2D eigenvalue weighted by Gasteiger charge is 2.22. The maximum atomic E-state index is 12.1. The minimum atomic E-state index is -0.302. The van der Waals surface area contributed by atoms with E-state index in [0.29, 0.717) is 5.69 Å². The molecule has 1 saturated carbocycles. The lowest BCUT2D eigenvalue weighted by atomic mass is 10.1. The molecule has 5 heteroatoms. The molecule has 0 radical (unpaired) electrons. The number of anilines is 3. The van der Waals surface area contributed by atoms with E-state index < -0.39 is 0 Å². The highest BCUT2D eigenvalue weighted by molar-refractivity contribution is 6.00. The van der Waals surface area contributed by atoms with Gasteiger partial charge in [0.2, 0.25) is 5.91 Å². The van der Waals surface area contributed by atoms with E-state index in [9.17, 15) is 9.59 Å². The van der Waals surface area contributed by atoms with Crippen molar-refractivity contribution in [2.24, 2.45) is 5.92 Å². The first-order valence-corrected chi connectivity index (χ1v) is 8.25. The van der Waals surface area contributed by atoms with Crippen molar-refractivity contribution in [3.63, 3.8) is 0 Å². The number of benzene rings is 2. The SMILES string of the molecule is O=C(Nc1ccccc1)Nc1ccc(NC(=O)C2CCCC2)cc1. The van der Waals surface area contributed by atoms with Gasteiger partial charge >= 0.3 is 6.03 Å². The first-order valence-electron chi connectivity index (χ1n) is 8.25. The summed E-state index contributed by atoms with van der Waals surface area (Å²) in [7, 11) is 0. The van der Waals surface area contributed by atoms with Crippen molar-refractivity contribution in [2.45, 2.75) is 25.7 Å². The van der Waals surface area contributed by atoms with Crippen molar-refractivity contribution in [2.75, 3.05) is 16.0 Å². The van der Waals surface area contributed by atoms with E-state index >= 15 is 0 Å². The van der Waals surface area contributed by atoms with Crippen LogP contribution in [0.1, 0.15) is 25.7 Å². The van der Waals surface area contributed by atoms with Crippen LogP contribution in [0.3, 0.4) is 0 Å². The number of urea groups is 1. The van der Waals surface area contributed by atoms with Gasteiger partial charge in [-0.2, -0.15) is 0 Å². The summed E-state index contributed by atoms with van der Waals surface area (Å²) in [4.78, 5) is 24.0. The largest absolute Gasteiger partial charge is 0.326 e. The standard InChI is InChI=1S/C19H21N3O2/c23-18(14-6-4-5-7-14)20-16-10-12-17(13-11-16)22-19(24)21-15-8-2-1-3-9-15/h1-3,8-14H,4-7H2,(H,20,23)(H2,21,22,24). The second kappa shape index (κ2) is 7.64. The first-order chi connectivity index (χ1) is 11.7. The van der Waals surface area contributed by atoms with Gasteiger partial charge in [-0.1, -0.05) is 31.0 Å². The summed E-state index contributed by atoms with van der Waals surface area (Å²) in [6.07, 6.45) is 4.23. The molecule has 0 unspecified atom stereocenters. The summed E-state index contributed by atoms with van der Waals surface area (Å²) >= 11 is 0. The Balaban J connectivity index is 1.52. The number of carbonyl (C=O) groups is 2. The van der Waals surface area contributed by atoms with Gasteiger partial charge in [0.1, 0.15) is 0 Å². The van der Waals surface area contributed by atoms with Crippen LogP contribution in [-0.2, 0) is 4.79 Å². The Morgan fingerprint density at radius 2 is 1.21 bits per heavy atom. The molecule has 0 aliphatic heterocycles. The Morgan fingerprint density at radius 3 is 1.79 bits per heavy atom. The Hall–Kier alpha value is -2.82. The van der Waals surface area contributed by atoms with Crippen molar-refractivity contribution in [3.8, 4) is 0 Å². The van der Waals surface area contributed by atoms with Crippen LogP contribution in [0.15, 0.2) is 54.6 Å². The van der Waals surface area contributed by atoms with Crippen LogP contribution >= 0.6 is 0 Å². The molecule has 0 bridgehead atoms. The Morgan fingerprint density at radius 1 is 0.708 bits per heavy atom. The van der Waals surface area contributed by atoms with Crippen LogP contribution < -0.4 is 16.0 Å². The molecule has 0 aromatic heterocycles. The molecule has 3 N–H and O–H groups in total. The zero-order chi connectivity index (χ0) is 16.8. The molecule has 1 fully saturated rings. The molecule has 24 heavy (non-hydrogen) atoms. The highest BCUT2D eigenvalue weighted by atomic mass is 16.2. The third-order valence-corrected chi connectivity index (χ3v) is 4.17. The number of amides is 3. The van der Waals surface area contributed by atoms with Gasteiger partial charge in [-0.05, 0) is 49.2 Å². The second-order valence-electron chi connectivity index (χ2n) is 5.99. The van der Waals surface area contributed by atoms with Crippen LogP contribution in [0, 0.1) is 5.92 Å². The topological polar surface area (TPSA) is 70.2 Å². The molecule has 124 valence electrons. The second-order valence-corrected chi connectivity index (χ2v) is 5.99. The van der Waals surface area contributed by atoms with Gasteiger partial charge < -0.3 is 16.0 Å². The monoisotopic (exact) mass is 323 g/mol. The minimum Gasteiger partial charge on any atom is -0.326 e. The van der Waals surface area contributed by atoms with Gasteiger partial charge in [-0.25, -0.2) is 4.79 Å². The Labute approximate surface area is 141 Å². The van der Waals surface area contributed by atoms with Crippen molar-refractivity contribution in [1.29, 1.82) is 0 Å². The van der Waals surface area contributed by atoms with E-state index in [1.807, 2.05) is 30.3 Å². The van der Waals surface area contributed by atoms with Crippen molar-refractivity contribution >= 4 is 29.0 Å². The molecule has 5 nitrogen and oxygen atoms in total. The van der Waals surface area contributed by atoms with Crippen molar-refractivity contribution in [3.05, 3.63) is 54.6 Å². The molecule has 0 atom stereocenters. The van der Waals surface area contributed by atoms with Crippen LogP contribution in [-0.4, -0.2) is 11.9 Å². The van der Waals surface area contributed by atoms with Crippen LogP contribution in [0.5, 0.6) is 0 Å². The first kappa shape index (κ1) is 16.1. The Kier molecular flexibility index (Phi) is 5.11. The van der Waals surface area contributed by atoms with Crippen molar-refractivity contribution < 1.29 is 9.59 Å². The molecular formula is C19H21N3O2. The Bertz CT molecular complexity index is 692. The van der Waals surface area contributed by atoms with E-state index in [1.54, 1.807) is 24.3 Å². The summed E-state index contributed by atoms with van der Waals surface area (Å²) < 4.78 is 0. The van der Waals surface area contributed by atoms with Gasteiger partial charge in [-0.3, -0.25) is 4.79 Å². The normalized spacial score (nSPS) is 14.2. The molecule has 0 spiro atoms. The van der Waals surface area contributed by atoms with E-state index in [-0.39, 0.29) is 17.9 Å². The minimum absolute atomic E-state index is 0.0926. The van der Waals surface area contributed by atoms with Crippen LogP contribution in [0.4, 0.5) is 21.9 Å². The lowest BCUT2D eigenvalue weighted by molar-refractivity contribution is -0.119. The van der Waals surface area contributed by atoms with Crippen molar-refractivity contribution in [1.82, 2.24) is 0 Å². The zero-order valence-electron chi connectivity index (χ0n) is 13.4. The molecule has 1 aliphatic carbocycles. The lowest BCUT2D eigenvalue weighted by Crippen LogP contribution is -2.20. The predicted molar refractivity (Wildman–Crippen MR) is 96.1 cm³/mol. The summed E-state index contributed by atoms with van der Waals surface area (Å²) in [5, 5.41) is 8.45. The molecule has 2 aromatic rings. The number of nitrogens with one attached hydrogen (secondary N) is 3. The number of hydrogen-bond acceptors (Lipinski definition) is 2. The molecule has 3 rings (SSSR count). The maximum Gasteiger partial charge on any atom is 0.323 e. The summed E-state index contributed by atoms with van der Waals surface area (Å²) in [6, 6.07) is 16.1. The third kappa shape index (κ3) is 4.35. The van der Waals surface area contributed by atoms with Gasteiger partial charge in [0, 0.05) is 23.0 Å². The zero-order valence-corrected chi connectivity index (χ0v) is 13.4. The summed E-state index contributed by atoms with van der Waals surface area (Å²) in [6.45, 7) is 0. The van der Waals surface area contributed by atoms with E-state index in [2.05, 4.69) is 16.0 Å². The molecule has 3 amide bonds. The maximum absolute atomic E-state index is 12.1. The number of para-hydroxylation sites is 1. The fourth-order valence-electron chi connectivity index (χ4n) is 2.88. The van der Waals surface area contributed by atoms with E-state index in [1.165, 1.54) is 0 Å². The van der Waals surface area contributed by atoms with Gasteiger partial charge in [0.25, 0.3) is 0 Å². The smallest absolute Gasteiger partial charge is 0.323 e. The number of rotatable bonds is 4. The van der Waals surface area contributed by atoms with Gasteiger partial charge in [0.15, 0.2) is 0 Å². The summed E-state index contributed by atoms with van der Waals surface area (Å²) in [5.74, 6) is 0.231. The fraction of sp³-hybridized carbons (Fsp3) is 0.263. The van der Waals surface area contributed by atoms with E-state index in [0.717, 1.165) is 37.1 Å². The van der Waals surface area contributed by atoms with Crippen LogP contribution in [0.25, 0.3) is 0 Å². The predicted octanol–water partition coefficient (Wildman–Crippen LogP) is 4.46. The summed E-state index contributed by atoms with van der Waals surface area (Å²) in [5.41, 5.74) is 2.15. The molecule has 2 aromatic carbocycles. The molecule has 0 heterocycles. The average Bonchev–Trinajstić information content (AvgIpc) is 3.12. The molecule has 1 aliphatic rings. The van der Waals surface area contributed by atoms with Gasteiger partial charge in [-0.15, -0.1) is 0 Å². The number of carbonyl (C=O) groups excluding carboxylic acids is 2.